The summed E-state index contributed by atoms with van der Waals surface area (Å²) in [6.07, 6.45) is 14.3. The average Bonchev–Trinajstić information content (AvgIpc) is 3.11. The summed E-state index contributed by atoms with van der Waals surface area (Å²) in [6, 6.07) is 0. The van der Waals surface area contributed by atoms with Gasteiger partial charge in [-0.25, -0.2) is 0 Å². The van der Waals surface area contributed by atoms with Crippen LogP contribution in [0.1, 0.15) is 99.3 Å². The number of nitrogens with zero attached hydrogens (tertiary/aromatic N) is 1. The molecule has 3 fully saturated rings. The highest BCUT2D eigenvalue weighted by molar-refractivity contribution is 5.83. The predicted molar refractivity (Wildman–Crippen MR) is 132 cm³/mol. The summed E-state index contributed by atoms with van der Waals surface area (Å²) in [5, 5.41) is 3.53. The third-order valence-corrected chi connectivity index (χ3v) is 10.8. The van der Waals surface area contributed by atoms with Crippen molar-refractivity contribution in [3.8, 4) is 0 Å². The molecule has 4 rings (SSSR count). The van der Waals surface area contributed by atoms with Gasteiger partial charge < -0.3 is 0 Å². The fraction of sp³-hybridized carbons (Fsp3) is 0.828. The van der Waals surface area contributed by atoms with Gasteiger partial charge in [-0.3, -0.25) is 4.79 Å². The molecule has 0 aliphatic heterocycles. The number of ketones is 1. The summed E-state index contributed by atoms with van der Waals surface area (Å²) in [5.41, 5.74) is 2.22. The molecule has 0 aromatic carbocycles. The van der Waals surface area contributed by atoms with Crippen LogP contribution in [0.3, 0.4) is 0 Å². The molecule has 8 atom stereocenters. The van der Waals surface area contributed by atoms with Crippen molar-refractivity contribution in [1.82, 2.24) is 0 Å². The van der Waals surface area contributed by atoms with Crippen LogP contribution in [0.15, 0.2) is 28.6 Å². The molecule has 3 nitrogen and oxygen atoms in total. The number of carbonyl (C=O) groups excluding carboxylic acids is 1. The topological polar surface area (TPSA) is 46.5 Å². The second-order valence-electron chi connectivity index (χ2n) is 12.5. The lowest BCUT2D eigenvalue weighted by Gasteiger charge is -2.58. The first-order valence-corrected chi connectivity index (χ1v) is 13.4. The molecule has 0 heterocycles. The lowest BCUT2D eigenvalue weighted by Crippen LogP contribution is -2.51. The number of carbonyl (C=O) groups is 1. The summed E-state index contributed by atoms with van der Waals surface area (Å²) < 4.78 is 0. The fourth-order valence-corrected chi connectivity index (χ4v) is 8.87. The Kier molecular flexibility index (Phi) is 6.60. The van der Waals surface area contributed by atoms with Crippen LogP contribution >= 0.6 is 0 Å². The Hall–Kier alpha value is -1.25. The van der Waals surface area contributed by atoms with Crippen LogP contribution in [0.25, 0.3) is 0 Å². The predicted octanol–water partition coefficient (Wildman–Crippen LogP) is 8.10. The Morgan fingerprint density at radius 3 is 2.47 bits per heavy atom. The molecule has 3 heteroatoms. The highest BCUT2D eigenvalue weighted by atomic mass is 16.3. The van der Waals surface area contributed by atoms with Gasteiger partial charge in [0.05, 0.1) is 5.70 Å². The molecular formula is C29H45NO2. The van der Waals surface area contributed by atoms with Gasteiger partial charge in [0, 0.05) is 12.8 Å². The molecule has 1 unspecified atom stereocenters. The summed E-state index contributed by atoms with van der Waals surface area (Å²) in [6.45, 7) is 14.3. The van der Waals surface area contributed by atoms with Gasteiger partial charge in [-0.05, 0) is 108 Å². The van der Waals surface area contributed by atoms with Crippen LogP contribution in [0, 0.1) is 57.2 Å². The van der Waals surface area contributed by atoms with E-state index in [-0.39, 0.29) is 5.41 Å². The van der Waals surface area contributed by atoms with Gasteiger partial charge in [0.15, 0.2) is 0 Å². The number of fused-ring (bicyclic) bond motifs is 5. The Morgan fingerprint density at radius 2 is 1.81 bits per heavy atom. The normalized spacial score (nSPS) is 41.4. The highest BCUT2D eigenvalue weighted by Crippen LogP contribution is 2.68. The smallest absolute Gasteiger partial charge is 0.137 e. The number of Topliss-reactive ketones (excluding diaryl/α,β-unsaturated/α-hetero) is 1. The van der Waals surface area contributed by atoms with Crippen molar-refractivity contribution in [1.29, 1.82) is 0 Å². The van der Waals surface area contributed by atoms with Crippen molar-refractivity contribution in [2.24, 2.45) is 57.4 Å². The minimum Gasteiger partial charge on any atom is -0.299 e. The van der Waals surface area contributed by atoms with E-state index < -0.39 is 0 Å². The maximum atomic E-state index is 12.2. The number of hydrogen-bond donors (Lipinski definition) is 0. The van der Waals surface area contributed by atoms with Gasteiger partial charge in [-0.1, -0.05) is 53.7 Å². The van der Waals surface area contributed by atoms with E-state index in [1.54, 1.807) is 0 Å². The summed E-state index contributed by atoms with van der Waals surface area (Å²) >= 11 is 0. The molecule has 0 saturated heterocycles. The van der Waals surface area contributed by atoms with Crippen molar-refractivity contribution >= 4 is 5.78 Å². The van der Waals surface area contributed by atoms with Crippen molar-refractivity contribution in [3.63, 3.8) is 0 Å². The third kappa shape index (κ3) is 3.76. The van der Waals surface area contributed by atoms with Gasteiger partial charge in [0.1, 0.15) is 5.78 Å². The molecule has 0 spiro atoms. The van der Waals surface area contributed by atoms with Crippen LogP contribution in [0.4, 0.5) is 0 Å². The van der Waals surface area contributed by atoms with Crippen molar-refractivity contribution in [2.75, 3.05) is 0 Å². The Labute approximate surface area is 195 Å². The minimum atomic E-state index is 0.0105. The van der Waals surface area contributed by atoms with E-state index in [4.69, 9.17) is 0 Å². The number of rotatable bonds is 6. The first-order chi connectivity index (χ1) is 15.2. The van der Waals surface area contributed by atoms with Crippen molar-refractivity contribution in [3.05, 3.63) is 28.3 Å². The lowest BCUT2D eigenvalue weighted by molar-refractivity contribution is -0.122. The molecule has 0 amide bonds. The zero-order valence-corrected chi connectivity index (χ0v) is 21.3. The second kappa shape index (κ2) is 8.84. The van der Waals surface area contributed by atoms with Gasteiger partial charge in [-0.15, -0.1) is 4.91 Å². The average molecular weight is 440 g/mol. The Balaban J connectivity index is 1.59. The van der Waals surface area contributed by atoms with E-state index in [1.807, 2.05) is 0 Å². The second-order valence-corrected chi connectivity index (χ2v) is 12.5. The van der Waals surface area contributed by atoms with Crippen LogP contribution in [-0.2, 0) is 4.79 Å². The third-order valence-electron chi connectivity index (χ3n) is 10.8. The lowest BCUT2D eigenvalue weighted by atomic mass is 9.46. The molecule has 4 aliphatic carbocycles. The minimum absolute atomic E-state index is 0.0105. The molecule has 0 radical (unpaired) electrons. The zero-order chi connectivity index (χ0) is 23.3. The fourth-order valence-electron chi connectivity index (χ4n) is 8.87. The van der Waals surface area contributed by atoms with Crippen LogP contribution in [0.5, 0.6) is 0 Å². The van der Waals surface area contributed by atoms with Crippen molar-refractivity contribution in [2.45, 2.75) is 99.3 Å². The molecular weight excluding hydrogens is 394 g/mol. The number of hydrogen-bond acceptors (Lipinski definition) is 3. The monoisotopic (exact) mass is 439 g/mol. The van der Waals surface area contributed by atoms with Gasteiger partial charge >= 0.3 is 0 Å². The maximum Gasteiger partial charge on any atom is 0.137 e. The molecule has 0 bridgehead atoms. The van der Waals surface area contributed by atoms with E-state index in [2.05, 4.69) is 58.9 Å². The molecule has 32 heavy (non-hydrogen) atoms. The molecule has 178 valence electrons. The van der Waals surface area contributed by atoms with Gasteiger partial charge in [-0.2, -0.15) is 0 Å². The number of allylic oxidation sites excluding steroid dienone is 4. The largest absolute Gasteiger partial charge is 0.299 e. The summed E-state index contributed by atoms with van der Waals surface area (Å²) in [7, 11) is 0. The highest BCUT2D eigenvalue weighted by Gasteiger charge is 2.60. The SMILES string of the molecule is CCC(C=C[C@@H](C)[C@H]1CC[C@H]2[C@@H]3CC(N=O)=C4CC(=O)CC[C@]4(C)[C@H]3CC[C@]12C)C(C)C. The standard InChI is InChI=1S/C29H45NO2/c1-7-20(18(2)3)9-8-19(4)23-10-11-24-22-17-27(30-32)26-16-21(31)12-14-29(26,6)25(22)13-15-28(23,24)5/h8-9,18-20,22-25H,7,10-17H2,1-6H3/t19-,20?,22+,23-,24+,25+,28-,29-/m1/s1. The maximum absolute atomic E-state index is 12.2. The van der Waals surface area contributed by atoms with E-state index in [0.29, 0.717) is 59.5 Å². The van der Waals surface area contributed by atoms with E-state index in [9.17, 15) is 9.70 Å². The Bertz CT molecular complexity index is 810. The first-order valence-electron chi connectivity index (χ1n) is 13.4. The van der Waals surface area contributed by atoms with Crippen molar-refractivity contribution < 1.29 is 4.79 Å². The molecule has 3 saturated carbocycles. The van der Waals surface area contributed by atoms with Gasteiger partial charge in [0.2, 0.25) is 0 Å². The molecule has 0 N–H and O–H groups in total. The quantitative estimate of drug-likeness (QED) is 0.310. The van der Waals surface area contributed by atoms with E-state index in [1.165, 1.54) is 32.1 Å². The number of nitroso groups, excluding NO2 is 1. The summed E-state index contributed by atoms with van der Waals surface area (Å²) in [5.74, 6) is 4.87. The Morgan fingerprint density at radius 1 is 1.06 bits per heavy atom. The summed E-state index contributed by atoms with van der Waals surface area (Å²) in [4.78, 5) is 24.1. The van der Waals surface area contributed by atoms with Gasteiger partial charge in [0.25, 0.3) is 0 Å². The van der Waals surface area contributed by atoms with E-state index >= 15 is 0 Å². The van der Waals surface area contributed by atoms with E-state index in [0.717, 1.165) is 30.0 Å². The van der Waals surface area contributed by atoms with Crippen LogP contribution in [0.2, 0.25) is 0 Å². The molecule has 0 aromatic heterocycles. The molecule has 4 aliphatic rings. The van der Waals surface area contributed by atoms with Crippen LogP contribution in [-0.4, -0.2) is 5.78 Å². The van der Waals surface area contributed by atoms with Crippen LogP contribution < -0.4 is 0 Å². The first kappa shape index (κ1) is 23.9. The zero-order valence-electron chi connectivity index (χ0n) is 21.3. The molecule has 0 aromatic rings.